The van der Waals surface area contributed by atoms with E-state index in [0.29, 0.717) is 5.69 Å². The van der Waals surface area contributed by atoms with Crippen LogP contribution >= 0.6 is 0 Å². The second kappa shape index (κ2) is 9.36. The first-order valence-corrected chi connectivity index (χ1v) is 9.06. The number of carbonyl (C=O) groups excluding carboxylic acids is 3. The fraction of sp³-hybridized carbons (Fsp3) is 0.136. The predicted octanol–water partition coefficient (Wildman–Crippen LogP) is 2.60. The molecule has 0 spiro atoms. The normalized spacial score (nSPS) is 11.4. The molecule has 0 aliphatic heterocycles. The highest BCUT2D eigenvalue weighted by molar-refractivity contribution is 5.96. The lowest BCUT2D eigenvalue weighted by atomic mass is 10.1. The lowest BCUT2D eigenvalue weighted by Crippen LogP contribution is -2.46. The van der Waals surface area contributed by atoms with Crippen LogP contribution < -0.4 is 16.4 Å². The number of nitrogens with one attached hydrogen (secondary N) is 2. The van der Waals surface area contributed by atoms with Crippen molar-refractivity contribution in [1.29, 1.82) is 0 Å². The molecule has 0 bridgehead atoms. The maximum atomic E-state index is 12.3. The second-order valence-electron chi connectivity index (χ2n) is 6.47. The van der Waals surface area contributed by atoms with E-state index in [1.54, 1.807) is 6.07 Å². The predicted molar refractivity (Wildman–Crippen MR) is 110 cm³/mol. The van der Waals surface area contributed by atoms with Crippen molar-refractivity contribution in [2.24, 2.45) is 5.73 Å². The zero-order valence-corrected chi connectivity index (χ0v) is 15.6. The molecule has 0 aliphatic carbocycles. The molecule has 7 heteroatoms. The summed E-state index contributed by atoms with van der Waals surface area (Å²) in [6.45, 7) is -0.475. The molecule has 0 heterocycles. The number of benzene rings is 3. The van der Waals surface area contributed by atoms with Gasteiger partial charge in [0, 0.05) is 12.1 Å². The van der Waals surface area contributed by atoms with Crippen LogP contribution in [0.25, 0.3) is 10.8 Å². The lowest BCUT2D eigenvalue weighted by Gasteiger charge is -2.16. The molecular formula is C22H21N3O4. The number of carbonyl (C=O) groups is 3. The van der Waals surface area contributed by atoms with Crippen molar-refractivity contribution < 1.29 is 19.1 Å². The molecule has 0 saturated carbocycles. The number of hydrogen-bond acceptors (Lipinski definition) is 4. The smallest absolute Gasteiger partial charge is 0.329 e. The van der Waals surface area contributed by atoms with E-state index in [1.165, 1.54) is 0 Å². The number of ether oxygens (including phenoxy) is 1. The Balaban J connectivity index is 1.57. The third-order valence-electron chi connectivity index (χ3n) is 4.26. The minimum Gasteiger partial charge on any atom is -0.454 e. The van der Waals surface area contributed by atoms with E-state index in [-0.39, 0.29) is 6.42 Å². The first kappa shape index (κ1) is 19.9. The van der Waals surface area contributed by atoms with Crippen LogP contribution in [-0.2, 0) is 20.7 Å². The average Bonchev–Trinajstić information content (AvgIpc) is 2.72. The molecule has 7 nitrogen and oxygen atoms in total. The first-order chi connectivity index (χ1) is 14.0. The summed E-state index contributed by atoms with van der Waals surface area (Å²) in [5.74, 6) is -1.22. The number of anilines is 1. The van der Waals surface area contributed by atoms with Gasteiger partial charge in [0.2, 0.25) is 0 Å². The number of nitrogens with two attached hydrogens (primary N) is 1. The molecular weight excluding hydrogens is 370 g/mol. The minimum absolute atomic E-state index is 0.203. The number of amides is 3. The first-order valence-electron chi connectivity index (χ1n) is 9.06. The number of rotatable bonds is 7. The van der Waals surface area contributed by atoms with Crippen LogP contribution in [0.3, 0.4) is 0 Å². The molecule has 148 valence electrons. The topological polar surface area (TPSA) is 111 Å². The van der Waals surface area contributed by atoms with Gasteiger partial charge in [-0.1, -0.05) is 60.7 Å². The molecule has 4 N–H and O–H groups in total. The number of esters is 1. The van der Waals surface area contributed by atoms with Gasteiger partial charge in [-0.15, -0.1) is 0 Å². The van der Waals surface area contributed by atoms with Crippen LogP contribution in [0.15, 0.2) is 72.8 Å². The summed E-state index contributed by atoms with van der Waals surface area (Å²) in [6, 6.07) is 20.5. The Bertz CT molecular complexity index is 1020. The zero-order valence-electron chi connectivity index (χ0n) is 15.6. The van der Waals surface area contributed by atoms with Gasteiger partial charge in [0.05, 0.1) is 0 Å². The molecule has 3 aromatic rings. The Labute approximate surface area is 167 Å². The van der Waals surface area contributed by atoms with Gasteiger partial charge in [0.15, 0.2) is 6.61 Å². The highest BCUT2D eigenvalue weighted by atomic mass is 16.5. The van der Waals surface area contributed by atoms with E-state index in [9.17, 15) is 14.4 Å². The van der Waals surface area contributed by atoms with Gasteiger partial charge in [-0.25, -0.2) is 9.59 Å². The van der Waals surface area contributed by atoms with E-state index >= 15 is 0 Å². The molecule has 1 atom stereocenters. The van der Waals surface area contributed by atoms with Crippen LogP contribution in [0.2, 0.25) is 0 Å². The Morgan fingerprint density at radius 3 is 2.31 bits per heavy atom. The summed E-state index contributed by atoms with van der Waals surface area (Å²) < 4.78 is 5.08. The molecule has 0 fully saturated rings. The van der Waals surface area contributed by atoms with Crippen LogP contribution in [0.5, 0.6) is 0 Å². The summed E-state index contributed by atoms with van der Waals surface area (Å²) in [5, 5.41) is 7.08. The van der Waals surface area contributed by atoms with E-state index in [0.717, 1.165) is 16.3 Å². The minimum atomic E-state index is -0.983. The van der Waals surface area contributed by atoms with Crippen molar-refractivity contribution >= 4 is 34.4 Å². The Hall–Kier alpha value is -3.87. The number of hydrogen-bond donors (Lipinski definition) is 3. The van der Waals surface area contributed by atoms with Gasteiger partial charge in [0.1, 0.15) is 6.04 Å². The molecule has 3 aromatic carbocycles. The van der Waals surface area contributed by atoms with Crippen molar-refractivity contribution in [2.75, 3.05) is 11.9 Å². The van der Waals surface area contributed by atoms with Crippen LogP contribution in [-0.4, -0.2) is 30.6 Å². The van der Waals surface area contributed by atoms with Gasteiger partial charge in [-0.05, 0) is 28.5 Å². The number of fused-ring (bicyclic) bond motifs is 1. The highest BCUT2D eigenvalue weighted by Gasteiger charge is 2.22. The summed E-state index contributed by atoms with van der Waals surface area (Å²) in [6.07, 6.45) is 0.203. The fourth-order valence-corrected chi connectivity index (χ4v) is 2.92. The fourth-order valence-electron chi connectivity index (χ4n) is 2.92. The monoisotopic (exact) mass is 391 g/mol. The van der Waals surface area contributed by atoms with Gasteiger partial charge in [-0.3, -0.25) is 4.79 Å². The van der Waals surface area contributed by atoms with Gasteiger partial charge in [0.25, 0.3) is 5.91 Å². The average molecular weight is 391 g/mol. The number of urea groups is 1. The molecule has 29 heavy (non-hydrogen) atoms. The highest BCUT2D eigenvalue weighted by Crippen LogP contribution is 2.18. The molecule has 3 amide bonds. The summed E-state index contributed by atoms with van der Waals surface area (Å²) in [4.78, 5) is 35.7. The second-order valence-corrected chi connectivity index (χ2v) is 6.47. The molecule has 3 rings (SSSR count). The van der Waals surface area contributed by atoms with Crippen LogP contribution in [0.4, 0.5) is 10.5 Å². The number of primary amides is 1. The Morgan fingerprint density at radius 2 is 1.59 bits per heavy atom. The standard InChI is InChI=1S/C22H21N3O4/c23-22(28)25-19(12-15-6-2-1-3-7-15)21(27)29-14-20(26)24-18-11-10-16-8-4-5-9-17(16)13-18/h1-11,13,19H,12,14H2,(H,24,26)(H3,23,25,28)/t19-/m0/s1. The largest absolute Gasteiger partial charge is 0.454 e. The third-order valence-corrected chi connectivity index (χ3v) is 4.26. The molecule has 0 saturated heterocycles. The summed E-state index contributed by atoms with van der Waals surface area (Å²) in [7, 11) is 0. The Morgan fingerprint density at radius 1 is 0.897 bits per heavy atom. The van der Waals surface area contributed by atoms with Crippen LogP contribution in [0, 0.1) is 0 Å². The van der Waals surface area contributed by atoms with Gasteiger partial charge >= 0.3 is 12.0 Å². The van der Waals surface area contributed by atoms with Crippen molar-refractivity contribution in [1.82, 2.24) is 5.32 Å². The van der Waals surface area contributed by atoms with Gasteiger partial charge in [-0.2, -0.15) is 0 Å². The van der Waals surface area contributed by atoms with E-state index < -0.39 is 30.6 Å². The molecule has 0 aliphatic rings. The SMILES string of the molecule is NC(=O)N[C@@H](Cc1ccccc1)C(=O)OCC(=O)Nc1ccc2ccccc2c1. The molecule has 0 radical (unpaired) electrons. The van der Waals surface area contributed by atoms with Crippen molar-refractivity contribution in [3.8, 4) is 0 Å². The molecule has 0 aromatic heterocycles. The van der Waals surface area contributed by atoms with Crippen molar-refractivity contribution in [2.45, 2.75) is 12.5 Å². The Kier molecular flexibility index (Phi) is 6.42. The molecule has 0 unspecified atom stereocenters. The van der Waals surface area contributed by atoms with Crippen molar-refractivity contribution in [3.63, 3.8) is 0 Å². The summed E-state index contributed by atoms with van der Waals surface area (Å²) in [5.41, 5.74) is 6.57. The quantitative estimate of drug-likeness (QED) is 0.538. The van der Waals surface area contributed by atoms with Gasteiger partial charge < -0.3 is 21.1 Å². The van der Waals surface area contributed by atoms with E-state index in [1.807, 2.05) is 66.7 Å². The third kappa shape index (κ3) is 5.80. The maximum Gasteiger partial charge on any atom is 0.329 e. The van der Waals surface area contributed by atoms with E-state index in [2.05, 4.69) is 10.6 Å². The summed E-state index contributed by atoms with van der Waals surface area (Å²) >= 11 is 0. The van der Waals surface area contributed by atoms with Crippen LogP contribution in [0.1, 0.15) is 5.56 Å². The lowest BCUT2D eigenvalue weighted by molar-refractivity contribution is -0.149. The maximum absolute atomic E-state index is 12.3. The van der Waals surface area contributed by atoms with E-state index in [4.69, 9.17) is 10.5 Å². The zero-order chi connectivity index (χ0) is 20.6. The van der Waals surface area contributed by atoms with Crippen molar-refractivity contribution in [3.05, 3.63) is 78.4 Å².